The minimum atomic E-state index is 0.290. The minimum absolute atomic E-state index is 0.290. The molecule has 0 radical (unpaired) electrons. The average molecular weight is 214 g/mol. The normalized spacial score (nSPS) is 25.8. The highest BCUT2D eigenvalue weighted by Gasteiger charge is 2.21. The fraction of sp³-hybridized carbons (Fsp3) is 1.00. The van der Waals surface area contributed by atoms with E-state index in [-0.39, 0.29) is 0 Å². The number of ether oxygens (including phenoxy) is 1. The first-order valence-corrected chi connectivity index (χ1v) is 6.24. The van der Waals surface area contributed by atoms with Gasteiger partial charge in [0, 0.05) is 25.2 Å². The van der Waals surface area contributed by atoms with Crippen molar-refractivity contribution in [3.05, 3.63) is 0 Å². The Morgan fingerprint density at radius 3 is 2.67 bits per heavy atom. The van der Waals surface area contributed by atoms with Crippen LogP contribution in [0, 0.1) is 0 Å². The van der Waals surface area contributed by atoms with Gasteiger partial charge >= 0.3 is 0 Å². The van der Waals surface area contributed by atoms with Crippen LogP contribution < -0.4 is 5.73 Å². The molecule has 0 bridgehead atoms. The molecule has 3 atom stereocenters. The summed E-state index contributed by atoms with van der Waals surface area (Å²) in [6, 6.07) is 0.859. The summed E-state index contributed by atoms with van der Waals surface area (Å²) in [5.41, 5.74) is 5.84. The van der Waals surface area contributed by atoms with Gasteiger partial charge in [0.15, 0.2) is 0 Å². The predicted octanol–water partition coefficient (Wildman–Crippen LogP) is 1.61. The molecule has 2 N–H and O–H groups in total. The number of likely N-dealkylation sites (N-methyl/N-ethyl adjacent to an activating group) is 1. The highest BCUT2D eigenvalue weighted by Crippen LogP contribution is 2.15. The van der Waals surface area contributed by atoms with E-state index in [0.717, 1.165) is 26.1 Å². The Morgan fingerprint density at radius 2 is 2.20 bits per heavy atom. The zero-order chi connectivity index (χ0) is 11.3. The van der Waals surface area contributed by atoms with Crippen molar-refractivity contribution in [2.75, 3.05) is 19.7 Å². The highest BCUT2D eigenvalue weighted by atomic mass is 16.5. The summed E-state index contributed by atoms with van der Waals surface area (Å²) in [6.07, 6.45) is 3.98. The molecule has 1 aliphatic heterocycles. The summed E-state index contributed by atoms with van der Waals surface area (Å²) in [4.78, 5) is 2.49. The number of rotatable bonds is 6. The summed E-state index contributed by atoms with van der Waals surface area (Å²) in [5, 5.41) is 0. The lowest BCUT2D eigenvalue weighted by Crippen LogP contribution is -2.41. The Hall–Kier alpha value is -0.120. The van der Waals surface area contributed by atoms with Crippen LogP contribution in [0.3, 0.4) is 0 Å². The Labute approximate surface area is 94.0 Å². The van der Waals surface area contributed by atoms with Crippen LogP contribution in [0.5, 0.6) is 0 Å². The summed E-state index contributed by atoms with van der Waals surface area (Å²) in [7, 11) is 0. The number of nitrogens with two attached hydrogens (primary N) is 1. The number of nitrogens with zero attached hydrogens (tertiary/aromatic N) is 1. The monoisotopic (exact) mass is 214 g/mol. The molecule has 0 amide bonds. The van der Waals surface area contributed by atoms with Crippen LogP contribution in [0.1, 0.15) is 40.0 Å². The van der Waals surface area contributed by atoms with E-state index in [2.05, 4.69) is 25.7 Å². The predicted molar refractivity (Wildman–Crippen MR) is 63.9 cm³/mol. The smallest absolute Gasteiger partial charge is 0.0702 e. The van der Waals surface area contributed by atoms with E-state index in [1.165, 1.54) is 12.8 Å². The maximum absolute atomic E-state index is 5.84. The van der Waals surface area contributed by atoms with E-state index in [0.29, 0.717) is 18.2 Å². The van der Waals surface area contributed by atoms with E-state index in [9.17, 15) is 0 Å². The van der Waals surface area contributed by atoms with Gasteiger partial charge < -0.3 is 10.5 Å². The van der Waals surface area contributed by atoms with Crippen molar-refractivity contribution in [2.24, 2.45) is 5.73 Å². The molecule has 3 heteroatoms. The van der Waals surface area contributed by atoms with Crippen molar-refractivity contribution < 1.29 is 4.74 Å². The fourth-order valence-corrected chi connectivity index (χ4v) is 2.36. The van der Waals surface area contributed by atoms with Gasteiger partial charge in [0.25, 0.3) is 0 Å². The second-order valence-corrected chi connectivity index (χ2v) is 4.78. The molecule has 1 aliphatic rings. The van der Waals surface area contributed by atoms with E-state index < -0.39 is 0 Å². The molecule has 0 aromatic carbocycles. The van der Waals surface area contributed by atoms with Crippen LogP contribution in [0.25, 0.3) is 0 Å². The Kier molecular flexibility index (Phi) is 5.58. The molecule has 0 spiro atoms. The van der Waals surface area contributed by atoms with E-state index in [4.69, 9.17) is 10.5 Å². The van der Waals surface area contributed by atoms with Crippen molar-refractivity contribution in [3.63, 3.8) is 0 Å². The molecule has 0 aromatic heterocycles. The third-order valence-electron chi connectivity index (χ3n) is 3.20. The van der Waals surface area contributed by atoms with Crippen molar-refractivity contribution in [3.8, 4) is 0 Å². The molecule has 3 unspecified atom stereocenters. The van der Waals surface area contributed by atoms with Crippen LogP contribution in [-0.4, -0.2) is 42.8 Å². The SMILES string of the molecule is CCN(CC1CCCO1)C(C)CC(C)N. The molecule has 90 valence electrons. The van der Waals surface area contributed by atoms with E-state index in [1.54, 1.807) is 0 Å². The molecule has 0 saturated carbocycles. The maximum atomic E-state index is 5.84. The average Bonchev–Trinajstić information content (AvgIpc) is 2.65. The lowest BCUT2D eigenvalue weighted by atomic mass is 10.1. The fourth-order valence-electron chi connectivity index (χ4n) is 2.36. The minimum Gasteiger partial charge on any atom is -0.377 e. The Balaban J connectivity index is 2.32. The third-order valence-corrected chi connectivity index (χ3v) is 3.20. The molecule has 0 aromatic rings. The van der Waals surface area contributed by atoms with Gasteiger partial charge in [0.2, 0.25) is 0 Å². The molecule has 0 aliphatic carbocycles. The topological polar surface area (TPSA) is 38.5 Å². The molecule has 1 rings (SSSR count). The van der Waals surface area contributed by atoms with Gasteiger partial charge in [-0.15, -0.1) is 0 Å². The molecule has 1 saturated heterocycles. The summed E-state index contributed by atoms with van der Waals surface area (Å²) >= 11 is 0. The molecule has 1 heterocycles. The van der Waals surface area contributed by atoms with Gasteiger partial charge in [-0.25, -0.2) is 0 Å². The van der Waals surface area contributed by atoms with Crippen LogP contribution >= 0.6 is 0 Å². The van der Waals surface area contributed by atoms with Crippen molar-refractivity contribution in [2.45, 2.75) is 58.2 Å². The van der Waals surface area contributed by atoms with Gasteiger partial charge in [0.05, 0.1) is 6.10 Å². The van der Waals surface area contributed by atoms with E-state index >= 15 is 0 Å². The first-order valence-electron chi connectivity index (χ1n) is 6.24. The second kappa shape index (κ2) is 6.46. The van der Waals surface area contributed by atoms with Crippen molar-refractivity contribution in [1.82, 2.24) is 4.90 Å². The largest absolute Gasteiger partial charge is 0.377 e. The number of hydrogen-bond acceptors (Lipinski definition) is 3. The first-order chi connectivity index (χ1) is 7.13. The zero-order valence-electron chi connectivity index (χ0n) is 10.4. The third kappa shape index (κ3) is 4.49. The van der Waals surface area contributed by atoms with Gasteiger partial charge in [-0.1, -0.05) is 6.92 Å². The lowest BCUT2D eigenvalue weighted by molar-refractivity contribution is 0.0596. The van der Waals surface area contributed by atoms with Crippen LogP contribution in [-0.2, 0) is 4.74 Å². The summed E-state index contributed by atoms with van der Waals surface area (Å²) in [6.45, 7) is 9.67. The first kappa shape index (κ1) is 12.9. The van der Waals surface area contributed by atoms with Gasteiger partial charge in [-0.3, -0.25) is 4.90 Å². The zero-order valence-corrected chi connectivity index (χ0v) is 10.4. The maximum Gasteiger partial charge on any atom is 0.0702 e. The summed E-state index contributed by atoms with van der Waals surface area (Å²) in [5.74, 6) is 0. The second-order valence-electron chi connectivity index (χ2n) is 4.78. The quantitative estimate of drug-likeness (QED) is 0.730. The van der Waals surface area contributed by atoms with Crippen molar-refractivity contribution in [1.29, 1.82) is 0 Å². The molecule has 15 heavy (non-hydrogen) atoms. The lowest BCUT2D eigenvalue weighted by Gasteiger charge is -2.30. The van der Waals surface area contributed by atoms with Gasteiger partial charge in [-0.05, 0) is 39.7 Å². The molecular weight excluding hydrogens is 188 g/mol. The van der Waals surface area contributed by atoms with Crippen molar-refractivity contribution >= 4 is 0 Å². The van der Waals surface area contributed by atoms with Crippen LogP contribution in [0.4, 0.5) is 0 Å². The standard InChI is InChI=1S/C12H26N2O/c1-4-14(11(3)8-10(2)13)9-12-6-5-7-15-12/h10-12H,4-9,13H2,1-3H3. The van der Waals surface area contributed by atoms with Crippen LogP contribution in [0.15, 0.2) is 0 Å². The summed E-state index contributed by atoms with van der Waals surface area (Å²) < 4.78 is 5.67. The van der Waals surface area contributed by atoms with Crippen LogP contribution in [0.2, 0.25) is 0 Å². The Morgan fingerprint density at radius 1 is 1.47 bits per heavy atom. The Bertz CT molecular complexity index is 167. The molecular formula is C12H26N2O. The van der Waals surface area contributed by atoms with Gasteiger partial charge in [-0.2, -0.15) is 0 Å². The van der Waals surface area contributed by atoms with Gasteiger partial charge in [0.1, 0.15) is 0 Å². The van der Waals surface area contributed by atoms with E-state index in [1.807, 2.05) is 0 Å². The molecule has 1 fully saturated rings. The number of hydrogen-bond donors (Lipinski definition) is 1. The highest BCUT2D eigenvalue weighted by molar-refractivity contribution is 4.75. The molecule has 3 nitrogen and oxygen atoms in total.